The van der Waals surface area contributed by atoms with Crippen molar-refractivity contribution >= 4 is 23.6 Å². The highest BCUT2D eigenvalue weighted by Gasteiger charge is 2.36. The lowest BCUT2D eigenvalue weighted by Crippen LogP contribution is -2.49. The molecule has 0 radical (unpaired) electrons. The van der Waals surface area contributed by atoms with E-state index in [0.29, 0.717) is 17.1 Å². The lowest BCUT2D eigenvalue weighted by Gasteiger charge is -2.38. The minimum absolute atomic E-state index is 0.000574. The molecule has 2 amide bonds. The molecule has 0 unspecified atom stereocenters. The molecule has 0 aliphatic rings. The van der Waals surface area contributed by atoms with Crippen molar-refractivity contribution in [3.05, 3.63) is 154 Å². The zero-order valence-corrected chi connectivity index (χ0v) is 27.6. The Kier molecular flexibility index (Phi) is 11.4. The topological polar surface area (TPSA) is 152 Å². The second-order valence-corrected chi connectivity index (χ2v) is 11.3. The van der Waals surface area contributed by atoms with Gasteiger partial charge in [0.1, 0.15) is 30.4 Å². The van der Waals surface area contributed by atoms with Gasteiger partial charge in [-0.1, -0.05) is 72.8 Å². The molecular weight excluding hydrogens is 638 g/mol. The Morgan fingerprint density at radius 3 is 1.84 bits per heavy atom. The molecule has 0 bridgehead atoms. The first-order chi connectivity index (χ1) is 24.2. The van der Waals surface area contributed by atoms with Crippen LogP contribution in [0.3, 0.4) is 0 Å². The van der Waals surface area contributed by atoms with Crippen LogP contribution in [0.1, 0.15) is 27.0 Å². The van der Waals surface area contributed by atoms with Crippen molar-refractivity contribution in [1.82, 2.24) is 19.8 Å². The molecule has 1 aromatic heterocycles. The summed E-state index contributed by atoms with van der Waals surface area (Å²) in [7, 11) is 3.19. The number of aliphatic carboxylic acids is 1. The van der Waals surface area contributed by atoms with E-state index in [1.54, 1.807) is 44.6 Å². The second-order valence-electron chi connectivity index (χ2n) is 11.3. The van der Waals surface area contributed by atoms with Gasteiger partial charge in [-0.3, -0.25) is 24.3 Å². The highest BCUT2D eigenvalue weighted by atomic mass is 16.5. The Morgan fingerprint density at radius 2 is 1.32 bits per heavy atom. The number of aromatic nitrogens is 2. The molecule has 0 atom stereocenters. The summed E-state index contributed by atoms with van der Waals surface area (Å²) in [6.45, 7) is -0.868. The molecular formula is C38H37N5O7. The van der Waals surface area contributed by atoms with Crippen LogP contribution in [-0.4, -0.2) is 71.2 Å². The lowest BCUT2D eigenvalue weighted by atomic mass is 9.77. The third kappa shape index (κ3) is 8.23. The summed E-state index contributed by atoms with van der Waals surface area (Å²) in [5.74, 6) is -0.864. The number of nitrogens with zero attached hydrogens (tertiary/aromatic N) is 3. The number of carboxylic acid groups (broad SMARTS) is 1. The molecule has 50 heavy (non-hydrogen) atoms. The maximum absolute atomic E-state index is 13.5. The molecule has 0 spiro atoms. The average molecular weight is 676 g/mol. The first-order valence-electron chi connectivity index (χ1n) is 15.8. The fourth-order valence-corrected chi connectivity index (χ4v) is 5.65. The number of ether oxygens (including phenoxy) is 2. The quantitative estimate of drug-likeness (QED) is 0.140. The summed E-state index contributed by atoms with van der Waals surface area (Å²) < 4.78 is 11.9. The van der Waals surface area contributed by atoms with Crippen LogP contribution in [-0.2, 0) is 21.7 Å². The van der Waals surface area contributed by atoms with Crippen LogP contribution in [0.4, 0.5) is 5.82 Å². The van der Waals surface area contributed by atoms with E-state index in [0.717, 1.165) is 21.3 Å². The van der Waals surface area contributed by atoms with Gasteiger partial charge < -0.3 is 24.8 Å². The molecule has 12 heteroatoms. The SMILES string of the molecule is COc1ccc(C(NCCN(CC(=O)O)C(=O)Cn2ccc(NC(=O)c3ccccc3)nc2=O)(c2ccccc2)c2ccc(OC)cc2)cc1. The molecule has 256 valence electrons. The fraction of sp³-hybridized carbons (Fsp3) is 0.184. The van der Waals surface area contributed by atoms with E-state index in [1.165, 1.54) is 17.2 Å². The van der Waals surface area contributed by atoms with E-state index in [9.17, 15) is 24.3 Å². The number of carboxylic acids is 1. The van der Waals surface area contributed by atoms with E-state index < -0.39 is 42.1 Å². The Bertz CT molecular complexity index is 1920. The first-order valence-corrected chi connectivity index (χ1v) is 15.8. The van der Waals surface area contributed by atoms with Crippen molar-refractivity contribution in [1.29, 1.82) is 0 Å². The molecule has 5 aromatic rings. The van der Waals surface area contributed by atoms with Crippen molar-refractivity contribution in [3.8, 4) is 11.5 Å². The third-order valence-corrected chi connectivity index (χ3v) is 8.16. The van der Waals surface area contributed by atoms with E-state index in [-0.39, 0.29) is 18.9 Å². The Morgan fingerprint density at radius 1 is 0.780 bits per heavy atom. The van der Waals surface area contributed by atoms with Crippen LogP contribution in [0.5, 0.6) is 11.5 Å². The molecule has 3 N–H and O–H groups in total. The summed E-state index contributed by atoms with van der Waals surface area (Å²) >= 11 is 0. The Balaban J connectivity index is 1.39. The predicted molar refractivity (Wildman–Crippen MR) is 187 cm³/mol. The van der Waals surface area contributed by atoms with Crippen molar-refractivity contribution in [3.63, 3.8) is 0 Å². The number of rotatable bonds is 15. The van der Waals surface area contributed by atoms with Crippen molar-refractivity contribution < 1.29 is 29.0 Å². The number of benzene rings is 4. The minimum Gasteiger partial charge on any atom is -0.497 e. The van der Waals surface area contributed by atoms with Crippen molar-refractivity contribution in [2.45, 2.75) is 12.1 Å². The monoisotopic (exact) mass is 675 g/mol. The van der Waals surface area contributed by atoms with Crippen molar-refractivity contribution in [2.24, 2.45) is 0 Å². The first kappa shape index (κ1) is 35.0. The predicted octanol–water partition coefficient (Wildman–Crippen LogP) is 4.01. The average Bonchev–Trinajstić information content (AvgIpc) is 3.15. The summed E-state index contributed by atoms with van der Waals surface area (Å²) in [4.78, 5) is 55.8. The molecule has 0 aliphatic heterocycles. The smallest absolute Gasteiger partial charge is 0.349 e. The van der Waals surface area contributed by atoms with Crippen LogP contribution in [0.25, 0.3) is 0 Å². The van der Waals surface area contributed by atoms with E-state index in [4.69, 9.17) is 9.47 Å². The normalized spacial score (nSPS) is 11.0. The molecule has 12 nitrogen and oxygen atoms in total. The molecule has 0 fully saturated rings. The maximum atomic E-state index is 13.5. The third-order valence-electron chi connectivity index (χ3n) is 8.16. The lowest BCUT2D eigenvalue weighted by molar-refractivity contribution is -0.144. The number of carbonyl (C=O) groups is 3. The number of methoxy groups -OCH3 is 2. The standard InChI is InChI=1S/C38H37N5O7/c1-49-31-17-13-29(14-18-31)38(28-11-7-4-8-12-28,30-15-19-32(50-2)20-16-30)39-22-24-42(26-35(45)46)34(44)25-43-23-21-33(41-37(43)48)40-36(47)27-9-5-3-6-10-27/h3-21,23,39H,22,24-26H2,1-2H3,(H,45,46)(H,40,41,47,48). The second kappa shape index (κ2) is 16.2. The molecule has 0 saturated heterocycles. The van der Waals surface area contributed by atoms with Crippen LogP contribution >= 0.6 is 0 Å². The van der Waals surface area contributed by atoms with Gasteiger partial charge in [-0.2, -0.15) is 4.98 Å². The van der Waals surface area contributed by atoms with Gasteiger partial charge in [0.15, 0.2) is 0 Å². The van der Waals surface area contributed by atoms with Gasteiger partial charge in [-0.15, -0.1) is 0 Å². The summed E-state index contributed by atoms with van der Waals surface area (Å²) in [5.41, 5.74) is 1.34. The largest absolute Gasteiger partial charge is 0.497 e. The summed E-state index contributed by atoms with van der Waals surface area (Å²) in [6.07, 6.45) is 1.33. The van der Waals surface area contributed by atoms with Gasteiger partial charge in [0.05, 0.1) is 19.8 Å². The van der Waals surface area contributed by atoms with Gasteiger partial charge in [-0.25, -0.2) is 4.79 Å². The molecule has 4 aromatic carbocycles. The molecule has 1 heterocycles. The van der Waals surface area contributed by atoms with Gasteiger partial charge >= 0.3 is 11.7 Å². The van der Waals surface area contributed by atoms with Gasteiger partial charge in [0.2, 0.25) is 5.91 Å². The van der Waals surface area contributed by atoms with Crippen LogP contribution in [0, 0.1) is 0 Å². The highest BCUT2D eigenvalue weighted by Crippen LogP contribution is 2.38. The number of nitrogens with one attached hydrogen (secondary N) is 2. The molecule has 0 saturated carbocycles. The number of amides is 2. The molecule has 5 rings (SSSR count). The zero-order chi connectivity index (χ0) is 35.5. The van der Waals surface area contributed by atoms with Crippen LogP contribution < -0.4 is 25.8 Å². The zero-order valence-electron chi connectivity index (χ0n) is 27.6. The Hall–Kier alpha value is -6.27. The number of hydrogen-bond acceptors (Lipinski definition) is 8. The number of hydrogen-bond donors (Lipinski definition) is 3. The van der Waals surface area contributed by atoms with E-state index in [2.05, 4.69) is 15.6 Å². The fourth-order valence-electron chi connectivity index (χ4n) is 5.65. The van der Waals surface area contributed by atoms with Gasteiger partial charge in [0.25, 0.3) is 5.91 Å². The van der Waals surface area contributed by atoms with Gasteiger partial charge in [0, 0.05) is 24.8 Å². The van der Waals surface area contributed by atoms with E-state index in [1.807, 2.05) is 78.9 Å². The minimum atomic E-state index is -1.21. The summed E-state index contributed by atoms with van der Waals surface area (Å²) in [5, 5.41) is 15.9. The van der Waals surface area contributed by atoms with Gasteiger partial charge in [-0.05, 0) is 59.2 Å². The number of carbonyl (C=O) groups excluding carboxylic acids is 2. The van der Waals surface area contributed by atoms with E-state index >= 15 is 0 Å². The maximum Gasteiger partial charge on any atom is 0.349 e. The number of anilines is 1. The van der Waals surface area contributed by atoms with Crippen molar-refractivity contribution in [2.75, 3.05) is 39.2 Å². The Labute approximate surface area is 288 Å². The molecule has 0 aliphatic carbocycles. The highest BCUT2D eigenvalue weighted by molar-refractivity contribution is 6.03. The van der Waals surface area contributed by atoms with Crippen LogP contribution in [0.2, 0.25) is 0 Å². The van der Waals surface area contributed by atoms with Crippen LogP contribution in [0.15, 0.2) is 126 Å². The summed E-state index contributed by atoms with van der Waals surface area (Å²) in [6, 6.07) is 34.9.